The summed E-state index contributed by atoms with van der Waals surface area (Å²) in [6.07, 6.45) is 0. The molecule has 1 saturated heterocycles. The van der Waals surface area contributed by atoms with Gasteiger partial charge >= 0.3 is 0 Å². The van der Waals surface area contributed by atoms with Crippen LogP contribution in [-0.2, 0) is 0 Å². The zero-order valence-electron chi connectivity index (χ0n) is 13.7. The number of halogens is 2. The summed E-state index contributed by atoms with van der Waals surface area (Å²) in [6.45, 7) is 3.55. The molecule has 1 aliphatic heterocycles. The van der Waals surface area contributed by atoms with E-state index in [0.29, 0.717) is 10.0 Å². The Morgan fingerprint density at radius 2 is 1.72 bits per heavy atom. The van der Waals surface area contributed by atoms with Crippen LogP contribution in [0.1, 0.15) is 0 Å². The van der Waals surface area contributed by atoms with Gasteiger partial charge < -0.3 is 14.5 Å². The number of ether oxygens (including phenoxy) is 1. The minimum Gasteiger partial charge on any atom is -0.494 e. The molecule has 2 aromatic carbocycles. The third-order valence-corrected chi connectivity index (χ3v) is 6.30. The van der Waals surface area contributed by atoms with Crippen molar-refractivity contribution in [2.75, 3.05) is 43.1 Å². The van der Waals surface area contributed by atoms with Crippen molar-refractivity contribution < 1.29 is 4.74 Å². The quantitative estimate of drug-likeness (QED) is 0.629. The molecule has 1 aromatic heterocycles. The minimum absolute atomic E-state index is 0.597. The highest BCUT2D eigenvalue weighted by Gasteiger charge is 2.22. The molecular formula is C18H17Cl2N3OS. The molecular weight excluding hydrogens is 377 g/mol. The summed E-state index contributed by atoms with van der Waals surface area (Å²) < 4.78 is 6.57. The van der Waals surface area contributed by atoms with Crippen molar-refractivity contribution in [1.82, 2.24) is 4.98 Å². The van der Waals surface area contributed by atoms with Crippen LogP contribution in [-0.4, -0.2) is 38.3 Å². The number of anilines is 2. The first kappa shape index (κ1) is 16.8. The zero-order chi connectivity index (χ0) is 17.4. The van der Waals surface area contributed by atoms with Gasteiger partial charge in [0.1, 0.15) is 11.3 Å². The van der Waals surface area contributed by atoms with E-state index >= 15 is 0 Å². The lowest BCUT2D eigenvalue weighted by atomic mass is 10.2. The Morgan fingerprint density at radius 3 is 2.48 bits per heavy atom. The standard InChI is InChI=1S/C18H17Cl2N3OS/c1-24-14-6-3-7-15-17(14)21-18(25-15)23-10-8-22(9-11-23)13-5-2-4-12(19)16(13)20/h2-7H,8-11H2,1H3. The molecule has 0 spiro atoms. The van der Waals surface area contributed by atoms with Crippen LogP contribution < -0.4 is 14.5 Å². The lowest BCUT2D eigenvalue weighted by Gasteiger charge is -2.36. The fourth-order valence-electron chi connectivity index (χ4n) is 3.09. The first-order valence-corrected chi connectivity index (χ1v) is 9.62. The number of aromatic nitrogens is 1. The van der Waals surface area contributed by atoms with E-state index in [4.69, 9.17) is 32.9 Å². The smallest absolute Gasteiger partial charge is 0.186 e. The molecule has 2 heterocycles. The Morgan fingerprint density at radius 1 is 1.00 bits per heavy atom. The summed E-state index contributed by atoms with van der Waals surface area (Å²) in [5, 5.41) is 2.26. The van der Waals surface area contributed by atoms with Crippen molar-refractivity contribution in [1.29, 1.82) is 0 Å². The van der Waals surface area contributed by atoms with E-state index in [1.807, 2.05) is 30.3 Å². The Labute approximate surface area is 160 Å². The Balaban J connectivity index is 1.53. The van der Waals surface area contributed by atoms with Gasteiger partial charge in [0.15, 0.2) is 5.13 Å². The van der Waals surface area contributed by atoms with E-state index in [9.17, 15) is 0 Å². The minimum atomic E-state index is 0.597. The number of methoxy groups -OCH3 is 1. The van der Waals surface area contributed by atoms with Gasteiger partial charge in [-0.25, -0.2) is 4.98 Å². The molecule has 0 aliphatic carbocycles. The molecule has 3 aromatic rings. The SMILES string of the molecule is COc1cccc2sc(N3CCN(c4cccc(Cl)c4Cl)CC3)nc12. The number of para-hydroxylation sites is 1. The van der Waals surface area contributed by atoms with Crippen LogP contribution >= 0.6 is 34.5 Å². The third-order valence-electron chi connectivity index (χ3n) is 4.41. The molecule has 1 aliphatic rings. The van der Waals surface area contributed by atoms with Gasteiger partial charge in [0.05, 0.1) is 27.5 Å². The van der Waals surface area contributed by atoms with Crippen molar-refractivity contribution in [2.24, 2.45) is 0 Å². The molecule has 7 heteroatoms. The van der Waals surface area contributed by atoms with Crippen molar-refractivity contribution in [3.63, 3.8) is 0 Å². The summed E-state index contributed by atoms with van der Waals surface area (Å²) in [6, 6.07) is 11.8. The van der Waals surface area contributed by atoms with E-state index in [0.717, 1.165) is 53.0 Å². The number of benzene rings is 2. The zero-order valence-corrected chi connectivity index (χ0v) is 16.0. The summed E-state index contributed by atoms with van der Waals surface area (Å²) in [5.74, 6) is 0.823. The van der Waals surface area contributed by atoms with Gasteiger partial charge in [-0.1, -0.05) is 46.7 Å². The maximum absolute atomic E-state index is 6.36. The normalized spacial score (nSPS) is 15.0. The molecule has 0 N–H and O–H groups in total. The maximum atomic E-state index is 6.36. The fourth-order valence-corrected chi connectivity index (χ4v) is 4.54. The van der Waals surface area contributed by atoms with Crippen molar-refractivity contribution in [2.45, 2.75) is 0 Å². The van der Waals surface area contributed by atoms with Gasteiger partial charge in [-0.2, -0.15) is 0 Å². The second-order valence-corrected chi connectivity index (χ2v) is 7.64. The topological polar surface area (TPSA) is 28.6 Å². The van der Waals surface area contributed by atoms with Gasteiger partial charge in [0.2, 0.25) is 0 Å². The first-order valence-electron chi connectivity index (χ1n) is 8.05. The average Bonchev–Trinajstić information content (AvgIpc) is 3.08. The van der Waals surface area contributed by atoms with Crippen molar-refractivity contribution in [3.8, 4) is 5.75 Å². The monoisotopic (exact) mass is 393 g/mol. The van der Waals surface area contributed by atoms with Crippen molar-refractivity contribution in [3.05, 3.63) is 46.4 Å². The van der Waals surface area contributed by atoms with E-state index in [-0.39, 0.29) is 0 Å². The van der Waals surface area contributed by atoms with Crippen LogP contribution in [0.25, 0.3) is 10.2 Å². The van der Waals surface area contributed by atoms with Gasteiger partial charge in [-0.3, -0.25) is 0 Å². The maximum Gasteiger partial charge on any atom is 0.186 e. The molecule has 0 atom stereocenters. The summed E-state index contributed by atoms with van der Waals surface area (Å²) in [5.41, 5.74) is 1.94. The number of piperazine rings is 1. The lowest BCUT2D eigenvalue weighted by molar-refractivity contribution is 0.419. The number of hydrogen-bond donors (Lipinski definition) is 0. The number of thiazole rings is 1. The number of rotatable bonds is 3. The predicted molar refractivity (Wildman–Crippen MR) is 107 cm³/mol. The molecule has 130 valence electrons. The molecule has 0 radical (unpaired) electrons. The second-order valence-electron chi connectivity index (χ2n) is 5.85. The van der Waals surface area contributed by atoms with E-state index in [1.54, 1.807) is 18.4 Å². The van der Waals surface area contributed by atoms with Gasteiger partial charge in [-0.05, 0) is 24.3 Å². The van der Waals surface area contributed by atoms with Crippen LogP contribution in [0.5, 0.6) is 5.75 Å². The van der Waals surface area contributed by atoms with Crippen molar-refractivity contribution >= 4 is 55.6 Å². The van der Waals surface area contributed by atoms with Crippen LogP contribution in [0.4, 0.5) is 10.8 Å². The van der Waals surface area contributed by atoms with Crippen LogP contribution in [0, 0.1) is 0 Å². The number of fused-ring (bicyclic) bond motifs is 1. The molecule has 4 nitrogen and oxygen atoms in total. The molecule has 4 rings (SSSR count). The van der Waals surface area contributed by atoms with E-state index in [1.165, 1.54) is 0 Å². The molecule has 0 saturated carbocycles. The van der Waals surface area contributed by atoms with Gasteiger partial charge in [0.25, 0.3) is 0 Å². The van der Waals surface area contributed by atoms with Crippen LogP contribution in [0.15, 0.2) is 36.4 Å². The molecule has 25 heavy (non-hydrogen) atoms. The van der Waals surface area contributed by atoms with Gasteiger partial charge in [-0.15, -0.1) is 0 Å². The summed E-state index contributed by atoms with van der Waals surface area (Å²) in [4.78, 5) is 9.39. The molecule has 0 unspecified atom stereocenters. The molecule has 0 amide bonds. The summed E-state index contributed by atoms with van der Waals surface area (Å²) >= 11 is 14.2. The predicted octanol–water partition coefficient (Wildman–Crippen LogP) is 4.94. The average molecular weight is 394 g/mol. The Bertz CT molecular complexity index is 906. The van der Waals surface area contributed by atoms with Gasteiger partial charge in [0, 0.05) is 26.2 Å². The Kier molecular flexibility index (Phi) is 4.63. The van der Waals surface area contributed by atoms with Crippen LogP contribution in [0.3, 0.4) is 0 Å². The Hall–Kier alpha value is -1.69. The lowest BCUT2D eigenvalue weighted by Crippen LogP contribution is -2.46. The number of nitrogens with zero attached hydrogens (tertiary/aromatic N) is 3. The highest BCUT2D eigenvalue weighted by molar-refractivity contribution is 7.22. The fraction of sp³-hybridized carbons (Fsp3) is 0.278. The first-order chi connectivity index (χ1) is 12.2. The highest BCUT2D eigenvalue weighted by Crippen LogP contribution is 2.36. The highest BCUT2D eigenvalue weighted by atomic mass is 35.5. The second kappa shape index (κ2) is 6.90. The molecule has 0 bridgehead atoms. The van der Waals surface area contributed by atoms with Crippen LogP contribution in [0.2, 0.25) is 10.0 Å². The third kappa shape index (κ3) is 3.12. The van der Waals surface area contributed by atoms with E-state index < -0.39 is 0 Å². The van der Waals surface area contributed by atoms with E-state index in [2.05, 4.69) is 15.9 Å². The molecule has 1 fully saturated rings. The summed E-state index contributed by atoms with van der Waals surface area (Å²) in [7, 11) is 1.68. The number of hydrogen-bond acceptors (Lipinski definition) is 5. The largest absolute Gasteiger partial charge is 0.494 e.